The molecule has 0 radical (unpaired) electrons. The molecule has 2 rings (SSSR count). The molecule has 2 aromatic rings. The summed E-state index contributed by atoms with van der Waals surface area (Å²) in [6.45, 7) is 0. The molecule has 0 aliphatic rings. The molecular weight excluding hydrogens is 238 g/mol. The third kappa shape index (κ3) is 2.40. The van der Waals surface area contributed by atoms with Gasteiger partial charge in [0, 0.05) is 12.8 Å². The van der Waals surface area contributed by atoms with Gasteiger partial charge in [-0.05, 0) is 11.5 Å². The van der Waals surface area contributed by atoms with Gasteiger partial charge < -0.3 is 5.32 Å². The van der Waals surface area contributed by atoms with E-state index in [0.717, 1.165) is 20.1 Å². The molecule has 0 amide bonds. The van der Waals surface area contributed by atoms with E-state index in [4.69, 9.17) is 0 Å². The molecule has 74 valence electrons. The van der Waals surface area contributed by atoms with E-state index in [2.05, 4.69) is 25.1 Å². The Morgan fingerprint density at radius 1 is 1.50 bits per heavy atom. The van der Waals surface area contributed by atoms with Gasteiger partial charge in [-0.15, -0.1) is 15.3 Å². The molecule has 14 heavy (non-hydrogen) atoms. The van der Waals surface area contributed by atoms with Crippen LogP contribution in [0.1, 0.15) is 4.88 Å². The van der Waals surface area contributed by atoms with Crippen molar-refractivity contribution in [2.24, 2.45) is 0 Å². The monoisotopic (exact) mass is 245 g/mol. The van der Waals surface area contributed by atoms with Gasteiger partial charge in [0.15, 0.2) is 4.34 Å². The summed E-state index contributed by atoms with van der Waals surface area (Å²) in [5, 5.41) is 15.5. The van der Waals surface area contributed by atoms with Crippen LogP contribution in [0, 0.1) is 0 Å². The second-order valence-corrected chi connectivity index (χ2v) is 5.37. The van der Waals surface area contributed by atoms with Crippen molar-refractivity contribution in [2.45, 2.75) is 10.1 Å². The lowest BCUT2D eigenvalue weighted by Crippen LogP contribution is -1.84. The second kappa shape index (κ2) is 4.67. The van der Waals surface area contributed by atoms with E-state index in [1.165, 1.54) is 11.5 Å². The molecule has 0 aliphatic carbocycles. The summed E-state index contributed by atoms with van der Waals surface area (Å²) in [4.78, 5) is 1.15. The number of rotatable bonds is 4. The first kappa shape index (κ1) is 9.81. The molecule has 2 aromatic heterocycles. The number of nitrogens with zero attached hydrogens (tertiary/aromatic N) is 4. The zero-order valence-electron chi connectivity index (χ0n) is 7.30. The fraction of sp³-hybridized carbons (Fsp3) is 0.333. The smallest absolute Gasteiger partial charge is 0.206 e. The molecular formula is C6H7N5S3. The van der Waals surface area contributed by atoms with Crippen molar-refractivity contribution in [1.29, 1.82) is 0 Å². The lowest BCUT2D eigenvalue weighted by molar-refractivity contribution is 1.01. The minimum absolute atomic E-state index is 0.843. The minimum Gasteiger partial charge on any atom is -0.363 e. The van der Waals surface area contributed by atoms with E-state index in [-0.39, 0.29) is 0 Å². The molecule has 0 fully saturated rings. The first-order valence-corrected chi connectivity index (χ1v) is 6.36. The van der Waals surface area contributed by atoms with Gasteiger partial charge in [0.05, 0.1) is 11.1 Å². The lowest BCUT2D eigenvalue weighted by atomic mass is 10.6. The van der Waals surface area contributed by atoms with Crippen molar-refractivity contribution in [3.63, 3.8) is 0 Å². The van der Waals surface area contributed by atoms with E-state index in [1.54, 1.807) is 29.3 Å². The Morgan fingerprint density at radius 2 is 2.43 bits per heavy atom. The Kier molecular flexibility index (Phi) is 3.27. The molecule has 0 bridgehead atoms. The van der Waals surface area contributed by atoms with Gasteiger partial charge in [-0.2, -0.15) is 0 Å². The van der Waals surface area contributed by atoms with Crippen LogP contribution in [0.4, 0.5) is 5.13 Å². The van der Waals surface area contributed by atoms with Gasteiger partial charge in [-0.1, -0.05) is 27.6 Å². The maximum atomic E-state index is 4.02. The van der Waals surface area contributed by atoms with Crippen LogP contribution in [-0.4, -0.2) is 26.8 Å². The Balaban J connectivity index is 1.92. The summed E-state index contributed by atoms with van der Waals surface area (Å²) < 4.78 is 4.75. The summed E-state index contributed by atoms with van der Waals surface area (Å²) in [5.41, 5.74) is 0. The average molecular weight is 245 g/mol. The predicted octanol–water partition coefficient (Wildman–Crippen LogP) is 1.72. The third-order valence-corrected chi connectivity index (χ3v) is 4.33. The van der Waals surface area contributed by atoms with Crippen LogP contribution in [-0.2, 0) is 5.75 Å². The largest absolute Gasteiger partial charge is 0.363 e. The van der Waals surface area contributed by atoms with Crippen molar-refractivity contribution in [1.82, 2.24) is 19.8 Å². The Bertz CT molecular complexity index is 384. The van der Waals surface area contributed by atoms with E-state index in [1.807, 2.05) is 7.05 Å². The highest BCUT2D eigenvalue weighted by Crippen LogP contribution is 2.28. The van der Waals surface area contributed by atoms with Crippen LogP contribution < -0.4 is 5.32 Å². The normalized spacial score (nSPS) is 10.4. The molecule has 5 nitrogen and oxygen atoms in total. The molecule has 8 heteroatoms. The number of nitrogens with one attached hydrogen (secondary N) is 1. The minimum atomic E-state index is 0.843. The third-order valence-electron chi connectivity index (χ3n) is 1.37. The van der Waals surface area contributed by atoms with Gasteiger partial charge in [0.2, 0.25) is 5.13 Å². The highest BCUT2D eigenvalue weighted by atomic mass is 32.2. The van der Waals surface area contributed by atoms with Crippen LogP contribution in [0.2, 0.25) is 0 Å². The molecule has 0 atom stereocenters. The Labute approximate surface area is 93.1 Å². The summed E-state index contributed by atoms with van der Waals surface area (Å²) in [6.07, 6.45) is 1.78. The predicted molar refractivity (Wildman–Crippen MR) is 58.9 cm³/mol. The summed E-state index contributed by atoms with van der Waals surface area (Å²) in [7, 11) is 1.84. The molecule has 0 aliphatic heterocycles. The first-order chi connectivity index (χ1) is 6.88. The molecule has 2 heterocycles. The van der Waals surface area contributed by atoms with Crippen LogP contribution in [0.3, 0.4) is 0 Å². The number of hydrogen-bond donors (Lipinski definition) is 1. The quantitative estimate of drug-likeness (QED) is 0.828. The van der Waals surface area contributed by atoms with E-state index in [9.17, 15) is 0 Å². The fourth-order valence-electron chi connectivity index (χ4n) is 0.753. The lowest BCUT2D eigenvalue weighted by Gasteiger charge is -1.90. The van der Waals surface area contributed by atoms with E-state index in [0.29, 0.717) is 0 Å². The maximum absolute atomic E-state index is 4.02. The van der Waals surface area contributed by atoms with Gasteiger partial charge >= 0.3 is 0 Å². The van der Waals surface area contributed by atoms with Crippen molar-refractivity contribution in [3.05, 3.63) is 11.1 Å². The van der Waals surface area contributed by atoms with Crippen LogP contribution >= 0.6 is 34.6 Å². The molecule has 0 spiro atoms. The molecule has 0 unspecified atom stereocenters. The highest BCUT2D eigenvalue weighted by Gasteiger charge is 2.04. The van der Waals surface area contributed by atoms with Crippen molar-refractivity contribution >= 4 is 39.8 Å². The fourth-order valence-corrected chi connectivity index (χ4v) is 2.95. The second-order valence-electron chi connectivity index (χ2n) is 2.30. The summed E-state index contributed by atoms with van der Waals surface area (Å²) in [5.74, 6) is 0.857. The average Bonchev–Trinajstić information content (AvgIpc) is 2.86. The van der Waals surface area contributed by atoms with Crippen molar-refractivity contribution < 1.29 is 0 Å². The zero-order valence-corrected chi connectivity index (χ0v) is 9.75. The zero-order chi connectivity index (χ0) is 9.80. The van der Waals surface area contributed by atoms with Gasteiger partial charge in [0.25, 0.3) is 0 Å². The standard InChI is InChI=1S/C6H7N5S3/c1-7-5-9-10-6(13-5)12-3-4-2-8-11-14-4/h2H,3H2,1H3,(H,7,9). The van der Waals surface area contributed by atoms with Crippen LogP contribution in [0.15, 0.2) is 10.5 Å². The Morgan fingerprint density at radius 3 is 3.07 bits per heavy atom. The number of anilines is 1. The number of aromatic nitrogens is 4. The highest BCUT2D eigenvalue weighted by molar-refractivity contribution is 8.00. The van der Waals surface area contributed by atoms with E-state index >= 15 is 0 Å². The topological polar surface area (TPSA) is 63.6 Å². The van der Waals surface area contributed by atoms with Gasteiger partial charge in [0.1, 0.15) is 0 Å². The summed E-state index contributed by atoms with van der Waals surface area (Å²) >= 11 is 4.61. The van der Waals surface area contributed by atoms with Crippen LogP contribution in [0.5, 0.6) is 0 Å². The molecule has 1 N–H and O–H groups in total. The first-order valence-electron chi connectivity index (χ1n) is 3.79. The number of thioether (sulfide) groups is 1. The van der Waals surface area contributed by atoms with Gasteiger partial charge in [-0.25, -0.2) is 0 Å². The summed E-state index contributed by atoms with van der Waals surface area (Å²) in [6, 6.07) is 0. The SMILES string of the molecule is CNc1nnc(SCc2cnns2)s1. The van der Waals surface area contributed by atoms with Gasteiger partial charge in [-0.3, -0.25) is 0 Å². The van der Waals surface area contributed by atoms with Crippen molar-refractivity contribution in [3.8, 4) is 0 Å². The van der Waals surface area contributed by atoms with Crippen LogP contribution in [0.25, 0.3) is 0 Å². The molecule has 0 saturated heterocycles. The Hall–Kier alpha value is -0.730. The van der Waals surface area contributed by atoms with Crippen molar-refractivity contribution in [2.75, 3.05) is 12.4 Å². The molecule has 0 saturated carbocycles. The maximum Gasteiger partial charge on any atom is 0.206 e. The molecule has 0 aromatic carbocycles. The number of hydrogen-bond acceptors (Lipinski definition) is 8. The van der Waals surface area contributed by atoms with E-state index < -0.39 is 0 Å².